The van der Waals surface area contributed by atoms with E-state index >= 15 is 0 Å². The van der Waals surface area contributed by atoms with Gasteiger partial charge in [0.2, 0.25) is 0 Å². The van der Waals surface area contributed by atoms with Gasteiger partial charge in [-0.05, 0) is 5.92 Å². The van der Waals surface area contributed by atoms with E-state index in [2.05, 4.69) is 16.5 Å². The number of carbonyl (C=O) groups is 1. The summed E-state index contributed by atoms with van der Waals surface area (Å²) in [7, 11) is 5.03. The second-order valence-corrected chi connectivity index (χ2v) is 4.32. The molecule has 0 saturated carbocycles. The van der Waals surface area contributed by atoms with E-state index < -0.39 is 0 Å². The normalized spacial score (nSPS) is 10.2. The standard InChI is InChI=1S/C11H17N5O/c1-7(2)9-8(6-12)10(14-16(9)5)13-11(17)15(3)4/h7H,1-5H3,(H,13,14,17). The minimum Gasteiger partial charge on any atom is -0.331 e. The van der Waals surface area contributed by atoms with Crippen molar-refractivity contribution in [1.82, 2.24) is 14.7 Å². The van der Waals surface area contributed by atoms with Crippen LogP contribution in [-0.4, -0.2) is 34.8 Å². The summed E-state index contributed by atoms with van der Waals surface area (Å²) < 4.78 is 1.63. The zero-order chi connectivity index (χ0) is 13.2. The zero-order valence-corrected chi connectivity index (χ0v) is 10.8. The Bertz CT molecular complexity index is 467. The molecule has 0 aliphatic rings. The molecule has 0 unspecified atom stereocenters. The molecule has 6 heteroatoms. The van der Waals surface area contributed by atoms with Crippen LogP contribution in [0.15, 0.2) is 0 Å². The van der Waals surface area contributed by atoms with Crippen molar-refractivity contribution in [2.45, 2.75) is 19.8 Å². The third-order valence-corrected chi connectivity index (χ3v) is 2.38. The van der Waals surface area contributed by atoms with Gasteiger partial charge in [0.1, 0.15) is 11.6 Å². The van der Waals surface area contributed by atoms with Crippen LogP contribution in [0.25, 0.3) is 0 Å². The van der Waals surface area contributed by atoms with Gasteiger partial charge in [0.15, 0.2) is 5.82 Å². The molecule has 1 heterocycles. The summed E-state index contributed by atoms with van der Waals surface area (Å²) in [6.07, 6.45) is 0. The van der Waals surface area contributed by atoms with Crippen LogP contribution in [0.4, 0.5) is 10.6 Å². The summed E-state index contributed by atoms with van der Waals surface area (Å²) in [4.78, 5) is 12.9. The van der Waals surface area contributed by atoms with E-state index in [1.54, 1.807) is 25.8 Å². The highest BCUT2D eigenvalue weighted by atomic mass is 16.2. The van der Waals surface area contributed by atoms with Crippen LogP contribution < -0.4 is 5.32 Å². The van der Waals surface area contributed by atoms with Crippen molar-refractivity contribution in [3.05, 3.63) is 11.3 Å². The van der Waals surface area contributed by atoms with E-state index in [1.807, 2.05) is 13.8 Å². The molecule has 1 rings (SSSR count). The molecule has 0 radical (unpaired) electrons. The van der Waals surface area contributed by atoms with Crippen LogP contribution in [0.3, 0.4) is 0 Å². The summed E-state index contributed by atoms with van der Waals surface area (Å²) in [6.45, 7) is 3.96. The highest BCUT2D eigenvalue weighted by Crippen LogP contribution is 2.24. The Balaban J connectivity index is 3.15. The molecule has 1 N–H and O–H groups in total. The molecule has 0 atom stereocenters. The van der Waals surface area contributed by atoms with Crippen molar-refractivity contribution in [3.63, 3.8) is 0 Å². The Morgan fingerprint density at radius 3 is 2.53 bits per heavy atom. The first kappa shape index (κ1) is 13.0. The van der Waals surface area contributed by atoms with E-state index in [0.29, 0.717) is 11.4 Å². The maximum Gasteiger partial charge on any atom is 0.322 e. The van der Waals surface area contributed by atoms with E-state index in [4.69, 9.17) is 5.26 Å². The smallest absolute Gasteiger partial charge is 0.322 e. The van der Waals surface area contributed by atoms with Crippen molar-refractivity contribution in [2.24, 2.45) is 7.05 Å². The number of aromatic nitrogens is 2. The number of nitrogens with zero attached hydrogens (tertiary/aromatic N) is 4. The van der Waals surface area contributed by atoms with Crippen molar-refractivity contribution in [1.29, 1.82) is 5.26 Å². The topological polar surface area (TPSA) is 74.0 Å². The maximum absolute atomic E-state index is 11.5. The van der Waals surface area contributed by atoms with Crippen molar-refractivity contribution >= 4 is 11.8 Å². The Morgan fingerprint density at radius 1 is 1.53 bits per heavy atom. The number of hydrogen-bond acceptors (Lipinski definition) is 3. The molecule has 0 saturated heterocycles. The average Bonchev–Trinajstić information content (AvgIpc) is 2.53. The second-order valence-electron chi connectivity index (χ2n) is 4.32. The van der Waals surface area contributed by atoms with Gasteiger partial charge in [-0.2, -0.15) is 10.4 Å². The fourth-order valence-corrected chi connectivity index (χ4v) is 1.61. The quantitative estimate of drug-likeness (QED) is 0.844. The summed E-state index contributed by atoms with van der Waals surface area (Å²) in [5.41, 5.74) is 1.25. The van der Waals surface area contributed by atoms with Gasteiger partial charge >= 0.3 is 6.03 Å². The van der Waals surface area contributed by atoms with Gasteiger partial charge in [-0.1, -0.05) is 13.8 Å². The monoisotopic (exact) mass is 235 g/mol. The van der Waals surface area contributed by atoms with Crippen molar-refractivity contribution < 1.29 is 4.79 Å². The Kier molecular flexibility index (Phi) is 3.73. The molecule has 2 amide bonds. The highest BCUT2D eigenvalue weighted by molar-refractivity contribution is 5.89. The number of nitrogens with one attached hydrogen (secondary N) is 1. The Morgan fingerprint density at radius 2 is 2.12 bits per heavy atom. The lowest BCUT2D eigenvalue weighted by atomic mass is 10.1. The summed E-state index contributed by atoms with van der Waals surface area (Å²) in [6, 6.07) is 1.80. The van der Waals surface area contributed by atoms with Crippen molar-refractivity contribution in [2.75, 3.05) is 19.4 Å². The molecule has 0 bridgehead atoms. The maximum atomic E-state index is 11.5. The van der Waals surface area contributed by atoms with Gasteiger partial charge in [-0.25, -0.2) is 4.79 Å². The van der Waals surface area contributed by atoms with Crippen LogP contribution in [0.5, 0.6) is 0 Å². The predicted octanol–water partition coefficient (Wildman–Crippen LogP) is 1.51. The summed E-state index contributed by atoms with van der Waals surface area (Å²) in [5, 5.41) is 15.9. The number of aryl methyl sites for hydroxylation is 1. The molecule has 92 valence electrons. The molecule has 1 aromatic heterocycles. The van der Waals surface area contributed by atoms with Crippen LogP contribution in [0.2, 0.25) is 0 Å². The molecule has 0 aliphatic carbocycles. The fourth-order valence-electron chi connectivity index (χ4n) is 1.61. The minimum absolute atomic E-state index is 0.173. The first-order chi connectivity index (χ1) is 7.88. The predicted molar refractivity (Wildman–Crippen MR) is 64.7 cm³/mol. The van der Waals surface area contributed by atoms with Crippen LogP contribution >= 0.6 is 0 Å². The van der Waals surface area contributed by atoms with Crippen molar-refractivity contribution in [3.8, 4) is 6.07 Å². The SMILES string of the molecule is CC(C)c1c(C#N)c(NC(=O)N(C)C)nn1C. The second kappa shape index (κ2) is 4.87. The molecule has 0 aliphatic heterocycles. The summed E-state index contributed by atoms with van der Waals surface area (Å²) >= 11 is 0. The first-order valence-electron chi connectivity index (χ1n) is 5.33. The van der Waals surface area contributed by atoms with Gasteiger partial charge in [-0.15, -0.1) is 0 Å². The lowest BCUT2D eigenvalue weighted by Gasteiger charge is -2.10. The lowest BCUT2D eigenvalue weighted by molar-refractivity contribution is 0.230. The van der Waals surface area contributed by atoms with Gasteiger partial charge in [0.25, 0.3) is 0 Å². The largest absolute Gasteiger partial charge is 0.331 e. The minimum atomic E-state index is -0.296. The van der Waals surface area contributed by atoms with Crippen LogP contribution in [0, 0.1) is 11.3 Å². The zero-order valence-electron chi connectivity index (χ0n) is 10.8. The number of urea groups is 1. The third kappa shape index (κ3) is 2.56. The van der Waals surface area contributed by atoms with Crippen LogP contribution in [-0.2, 0) is 7.05 Å². The number of carbonyl (C=O) groups excluding carboxylic acids is 1. The van der Waals surface area contributed by atoms with Crippen LogP contribution in [0.1, 0.15) is 31.0 Å². The molecule has 0 aromatic carbocycles. The molecule has 6 nitrogen and oxygen atoms in total. The van der Waals surface area contributed by atoms with Gasteiger partial charge < -0.3 is 4.90 Å². The molecule has 0 fully saturated rings. The molecule has 0 spiro atoms. The summed E-state index contributed by atoms with van der Waals surface area (Å²) in [5.74, 6) is 0.490. The highest BCUT2D eigenvalue weighted by Gasteiger charge is 2.20. The number of anilines is 1. The van der Waals surface area contributed by atoms with E-state index in [1.165, 1.54) is 4.90 Å². The van der Waals surface area contributed by atoms with E-state index in [9.17, 15) is 4.79 Å². The third-order valence-electron chi connectivity index (χ3n) is 2.38. The molecule has 17 heavy (non-hydrogen) atoms. The average molecular weight is 235 g/mol. The van der Waals surface area contributed by atoms with E-state index in [0.717, 1.165) is 5.69 Å². The number of amides is 2. The van der Waals surface area contributed by atoms with Gasteiger partial charge in [0, 0.05) is 21.1 Å². The van der Waals surface area contributed by atoms with Gasteiger partial charge in [0.05, 0.1) is 5.69 Å². The van der Waals surface area contributed by atoms with Gasteiger partial charge in [-0.3, -0.25) is 10.00 Å². The molecular weight excluding hydrogens is 218 g/mol. The number of hydrogen-bond donors (Lipinski definition) is 1. The lowest BCUT2D eigenvalue weighted by Crippen LogP contribution is -2.27. The molecule has 1 aromatic rings. The van der Waals surface area contributed by atoms with E-state index in [-0.39, 0.29) is 11.9 Å². The first-order valence-corrected chi connectivity index (χ1v) is 5.33. The Labute approximate surface area is 101 Å². The Hall–Kier alpha value is -2.03. The fraction of sp³-hybridized carbons (Fsp3) is 0.545. The number of nitriles is 1. The molecular formula is C11H17N5O. The number of rotatable bonds is 2.